The monoisotopic (exact) mass is 800 g/mol. The maximum Gasteiger partial charge on any atom is 2.00 e. The van der Waals surface area contributed by atoms with E-state index in [9.17, 15) is 0 Å². The van der Waals surface area contributed by atoms with Crippen molar-refractivity contribution in [2.24, 2.45) is 0 Å². The minimum Gasteiger partial charge on any atom is -0.496 e. The van der Waals surface area contributed by atoms with Crippen LogP contribution in [0.1, 0.15) is 88.9 Å². The molecule has 2 aromatic heterocycles. The van der Waals surface area contributed by atoms with Crippen LogP contribution in [0.3, 0.4) is 0 Å². The van der Waals surface area contributed by atoms with Crippen LogP contribution in [0, 0.1) is 0 Å². The Hall–Kier alpha value is -4.46. The zero-order valence-electron chi connectivity index (χ0n) is 33.1. The molecule has 3 heteroatoms. The Kier molecular flexibility index (Phi) is 14.2. The molecule has 0 bridgehead atoms. The zero-order valence-corrected chi connectivity index (χ0v) is 35.5. The fourth-order valence-corrected chi connectivity index (χ4v) is 7.55. The SMILES string of the molecule is CCCCc1ccc(-c2cccc3[cH-]c(-c4ccc(CCC)o4)cc23)cc1.CCCCc1ccc(-c2cccc3[cH-]c(-c4ccc(CCC)o4)cc23)cc1.[Zr+2]. The van der Waals surface area contributed by atoms with E-state index in [0.29, 0.717) is 0 Å². The number of aryl methyl sites for hydroxylation is 4. The molecular weight excluding hydrogens is 748 g/mol. The Morgan fingerprint density at radius 1 is 0.436 bits per heavy atom. The van der Waals surface area contributed by atoms with Crippen LogP contribution in [0.4, 0.5) is 0 Å². The summed E-state index contributed by atoms with van der Waals surface area (Å²) in [6.07, 6.45) is 11.5. The second kappa shape index (κ2) is 19.4. The van der Waals surface area contributed by atoms with E-state index in [1.54, 1.807) is 0 Å². The molecule has 0 aliphatic heterocycles. The van der Waals surface area contributed by atoms with E-state index >= 15 is 0 Å². The normalized spacial score (nSPS) is 11.1. The van der Waals surface area contributed by atoms with Crippen LogP contribution in [0.15, 0.2) is 142 Å². The standard InChI is InChI=1S/2C26H27O.Zr/c2*1-3-5-8-19-11-13-20(14-12-19)24-10-6-9-21-17-22(18-25(21)24)26-16-15-23(27-26)7-4-2;/h2*6,9-18H,3-5,7-8H2,1-2H3;/q2*-1;+2. The van der Waals surface area contributed by atoms with Gasteiger partial charge in [-0.15, -0.1) is 57.9 Å². The second-order valence-corrected chi connectivity index (χ2v) is 14.7. The van der Waals surface area contributed by atoms with Crippen molar-refractivity contribution < 1.29 is 35.0 Å². The van der Waals surface area contributed by atoms with Gasteiger partial charge in [0.1, 0.15) is 0 Å². The van der Waals surface area contributed by atoms with Crippen molar-refractivity contribution in [3.63, 3.8) is 0 Å². The number of hydrogen-bond donors (Lipinski definition) is 0. The molecule has 2 heterocycles. The molecule has 6 aromatic carbocycles. The predicted molar refractivity (Wildman–Crippen MR) is 231 cm³/mol. The summed E-state index contributed by atoms with van der Waals surface area (Å²) in [7, 11) is 0. The summed E-state index contributed by atoms with van der Waals surface area (Å²) in [5.41, 5.74) is 10.3. The van der Waals surface area contributed by atoms with Gasteiger partial charge in [-0.05, 0) is 85.0 Å². The molecule has 0 aliphatic rings. The smallest absolute Gasteiger partial charge is 0.496 e. The molecule has 278 valence electrons. The Balaban J connectivity index is 0.000000184. The summed E-state index contributed by atoms with van der Waals surface area (Å²) in [5, 5.41) is 5.13. The van der Waals surface area contributed by atoms with E-state index < -0.39 is 0 Å². The van der Waals surface area contributed by atoms with Gasteiger partial charge in [-0.3, -0.25) is 0 Å². The maximum atomic E-state index is 6.04. The summed E-state index contributed by atoms with van der Waals surface area (Å²) < 4.78 is 12.1. The van der Waals surface area contributed by atoms with E-state index in [2.05, 4.69) is 161 Å². The van der Waals surface area contributed by atoms with Crippen molar-refractivity contribution in [1.29, 1.82) is 0 Å². The average molecular weight is 802 g/mol. The third-order valence-corrected chi connectivity index (χ3v) is 10.6. The first kappa shape index (κ1) is 40.2. The van der Waals surface area contributed by atoms with Gasteiger partial charge in [-0.1, -0.05) is 136 Å². The number of furan rings is 2. The molecule has 0 atom stereocenters. The van der Waals surface area contributed by atoms with E-state index in [4.69, 9.17) is 8.83 Å². The maximum absolute atomic E-state index is 6.04. The fourth-order valence-electron chi connectivity index (χ4n) is 7.55. The van der Waals surface area contributed by atoms with Gasteiger partial charge in [-0.25, -0.2) is 0 Å². The molecule has 0 aliphatic carbocycles. The molecular formula is C52H54O2Zr. The van der Waals surface area contributed by atoms with Gasteiger partial charge in [0, 0.05) is 12.8 Å². The summed E-state index contributed by atoms with van der Waals surface area (Å²) in [6, 6.07) is 48.7. The van der Waals surface area contributed by atoms with Gasteiger partial charge in [0.2, 0.25) is 0 Å². The van der Waals surface area contributed by atoms with Crippen molar-refractivity contribution in [2.45, 2.75) is 91.9 Å². The Morgan fingerprint density at radius 3 is 1.24 bits per heavy atom. The second-order valence-electron chi connectivity index (χ2n) is 14.7. The van der Waals surface area contributed by atoms with Crippen molar-refractivity contribution in [3.05, 3.63) is 156 Å². The summed E-state index contributed by atoms with van der Waals surface area (Å²) in [6.45, 7) is 8.84. The first-order valence-electron chi connectivity index (χ1n) is 20.3. The molecule has 0 N–H and O–H groups in total. The largest absolute Gasteiger partial charge is 2.00 e. The average Bonchev–Trinajstić information content (AvgIpc) is 4.03. The summed E-state index contributed by atoms with van der Waals surface area (Å²) >= 11 is 0. The van der Waals surface area contributed by atoms with Gasteiger partial charge in [-0.2, -0.15) is 0 Å². The number of benzene rings is 4. The summed E-state index contributed by atoms with van der Waals surface area (Å²) in [5.74, 6) is 4.08. The quantitative estimate of drug-likeness (QED) is 0.102. The Morgan fingerprint density at radius 2 is 0.855 bits per heavy atom. The molecule has 0 amide bonds. The molecule has 0 saturated heterocycles. The topological polar surface area (TPSA) is 26.3 Å². The van der Waals surface area contributed by atoms with Crippen molar-refractivity contribution in [2.75, 3.05) is 0 Å². The van der Waals surface area contributed by atoms with Gasteiger partial charge >= 0.3 is 26.2 Å². The third kappa shape index (κ3) is 9.68. The van der Waals surface area contributed by atoms with Crippen molar-refractivity contribution in [3.8, 4) is 44.9 Å². The number of fused-ring (bicyclic) bond motifs is 2. The minimum atomic E-state index is 0. The number of hydrogen-bond acceptors (Lipinski definition) is 2. The molecule has 0 unspecified atom stereocenters. The van der Waals surface area contributed by atoms with Crippen LogP contribution in [0.5, 0.6) is 0 Å². The minimum absolute atomic E-state index is 0. The predicted octanol–water partition coefficient (Wildman–Crippen LogP) is 15.6. The summed E-state index contributed by atoms with van der Waals surface area (Å²) in [4.78, 5) is 0. The molecule has 8 rings (SSSR count). The number of unbranched alkanes of at least 4 members (excludes halogenated alkanes) is 2. The van der Waals surface area contributed by atoms with E-state index in [1.807, 2.05) is 0 Å². The van der Waals surface area contributed by atoms with Gasteiger partial charge in [0.15, 0.2) is 0 Å². The van der Waals surface area contributed by atoms with Crippen LogP contribution >= 0.6 is 0 Å². The van der Waals surface area contributed by atoms with Gasteiger partial charge < -0.3 is 8.83 Å². The van der Waals surface area contributed by atoms with Crippen LogP contribution < -0.4 is 0 Å². The van der Waals surface area contributed by atoms with E-state index in [-0.39, 0.29) is 26.2 Å². The van der Waals surface area contributed by atoms with E-state index in [1.165, 1.54) is 105 Å². The molecule has 0 radical (unpaired) electrons. The fraction of sp³-hybridized carbons (Fsp3) is 0.269. The first-order valence-corrected chi connectivity index (χ1v) is 20.3. The molecule has 0 fully saturated rings. The zero-order chi connectivity index (χ0) is 37.3. The molecule has 55 heavy (non-hydrogen) atoms. The molecule has 2 nitrogen and oxygen atoms in total. The van der Waals surface area contributed by atoms with E-state index in [0.717, 1.165) is 48.7 Å². The number of rotatable bonds is 14. The first-order chi connectivity index (χ1) is 26.6. The molecule has 8 aromatic rings. The van der Waals surface area contributed by atoms with Crippen LogP contribution in [-0.4, -0.2) is 0 Å². The Bertz CT molecular complexity index is 2200. The van der Waals surface area contributed by atoms with Gasteiger partial charge in [0.05, 0.1) is 23.0 Å². The van der Waals surface area contributed by atoms with Crippen LogP contribution in [-0.2, 0) is 51.9 Å². The van der Waals surface area contributed by atoms with Crippen LogP contribution in [0.2, 0.25) is 0 Å². The third-order valence-electron chi connectivity index (χ3n) is 10.6. The Labute approximate surface area is 347 Å². The van der Waals surface area contributed by atoms with Crippen molar-refractivity contribution >= 4 is 21.5 Å². The van der Waals surface area contributed by atoms with Crippen molar-refractivity contribution in [1.82, 2.24) is 0 Å². The molecule has 0 saturated carbocycles. The van der Waals surface area contributed by atoms with Gasteiger partial charge in [0.25, 0.3) is 0 Å². The molecule has 0 spiro atoms. The van der Waals surface area contributed by atoms with Crippen LogP contribution in [0.25, 0.3) is 66.4 Å².